The van der Waals surface area contributed by atoms with Crippen LogP contribution < -0.4 is 10.3 Å². The van der Waals surface area contributed by atoms with Crippen molar-refractivity contribution < 1.29 is 4.74 Å². The van der Waals surface area contributed by atoms with Gasteiger partial charge in [0, 0.05) is 5.56 Å². The first-order valence-electron chi connectivity index (χ1n) is 11.4. The van der Waals surface area contributed by atoms with Crippen LogP contribution in [0.25, 0.3) is 39.2 Å². The molecule has 0 bridgehead atoms. The van der Waals surface area contributed by atoms with Crippen LogP contribution in [0.3, 0.4) is 0 Å². The summed E-state index contributed by atoms with van der Waals surface area (Å²) in [6.07, 6.45) is 1.52. The van der Waals surface area contributed by atoms with Crippen LogP contribution in [0, 0.1) is 0 Å². The number of fused-ring (bicyclic) bond motifs is 1. The quantitative estimate of drug-likeness (QED) is 0.390. The van der Waals surface area contributed by atoms with Gasteiger partial charge in [0.25, 0.3) is 5.56 Å². The number of benzene rings is 3. The molecule has 0 aliphatic heterocycles. The van der Waals surface area contributed by atoms with E-state index in [2.05, 4.69) is 20.5 Å². The summed E-state index contributed by atoms with van der Waals surface area (Å²) in [7, 11) is 1.61. The highest BCUT2D eigenvalue weighted by molar-refractivity contribution is 5.91. The molecule has 0 atom stereocenters. The molecule has 3 heterocycles. The summed E-state index contributed by atoms with van der Waals surface area (Å²) in [5.41, 5.74) is 5.69. The number of aromatic amines is 1. The first-order chi connectivity index (χ1) is 17.7. The maximum Gasteiger partial charge on any atom is 0.282 e. The fourth-order valence-corrected chi connectivity index (χ4v) is 4.39. The number of nitrogens with zero attached hydrogens (tertiary/aromatic N) is 6. The van der Waals surface area contributed by atoms with E-state index < -0.39 is 0 Å². The molecule has 0 unspecified atom stereocenters. The van der Waals surface area contributed by atoms with Gasteiger partial charge in [-0.2, -0.15) is 9.61 Å². The van der Waals surface area contributed by atoms with Gasteiger partial charge in [-0.25, -0.2) is 4.68 Å². The molecule has 9 heteroatoms. The van der Waals surface area contributed by atoms with Crippen molar-refractivity contribution in [2.45, 2.75) is 6.54 Å². The summed E-state index contributed by atoms with van der Waals surface area (Å²) in [6, 6.07) is 27.2. The molecule has 0 saturated heterocycles. The number of aromatic nitrogens is 7. The Kier molecular flexibility index (Phi) is 5.34. The molecule has 0 radical (unpaired) electrons. The normalized spacial score (nSPS) is 11.1. The number of nitrogens with one attached hydrogen (secondary N) is 1. The summed E-state index contributed by atoms with van der Waals surface area (Å²) in [6.45, 7) is 0.278. The molecule has 0 saturated carbocycles. The molecule has 0 amide bonds. The Balaban J connectivity index is 1.67. The lowest BCUT2D eigenvalue weighted by Crippen LogP contribution is -2.21. The molecule has 0 fully saturated rings. The van der Waals surface area contributed by atoms with Crippen molar-refractivity contribution in [2.24, 2.45) is 0 Å². The number of ether oxygens (including phenoxy) is 1. The fraction of sp³-hybridized carbons (Fsp3) is 0.0741. The van der Waals surface area contributed by atoms with Crippen LogP contribution in [0.4, 0.5) is 0 Å². The van der Waals surface area contributed by atoms with Crippen molar-refractivity contribution in [1.29, 1.82) is 0 Å². The molecule has 0 aliphatic carbocycles. The minimum absolute atomic E-state index is 0.239. The highest BCUT2D eigenvalue weighted by atomic mass is 16.5. The summed E-state index contributed by atoms with van der Waals surface area (Å²) in [5, 5.41) is 16.3. The standard InChI is InChI=1S/C27H21N7O2/c1-36-21-14-12-19(13-15-21)23-22(16-33-17-28-31-32-33)29-26-24(18-8-4-2-5-9-18)25(30-34(26)27(23)35)20-10-6-3-7-11-20/h2-15,17,29H,16H2,1H3. The summed E-state index contributed by atoms with van der Waals surface area (Å²) < 4.78 is 8.33. The summed E-state index contributed by atoms with van der Waals surface area (Å²) in [5.74, 6) is 0.704. The third kappa shape index (κ3) is 3.72. The molecule has 6 rings (SSSR count). The van der Waals surface area contributed by atoms with Gasteiger partial charge in [0.2, 0.25) is 0 Å². The number of methoxy groups -OCH3 is 1. The van der Waals surface area contributed by atoms with Crippen molar-refractivity contribution in [3.63, 3.8) is 0 Å². The second kappa shape index (κ2) is 8.95. The zero-order valence-corrected chi connectivity index (χ0v) is 19.4. The van der Waals surface area contributed by atoms with Gasteiger partial charge >= 0.3 is 0 Å². The molecular weight excluding hydrogens is 454 g/mol. The minimum Gasteiger partial charge on any atom is -0.497 e. The average Bonchev–Trinajstić information content (AvgIpc) is 3.58. The monoisotopic (exact) mass is 475 g/mol. The predicted molar refractivity (Wildman–Crippen MR) is 136 cm³/mol. The van der Waals surface area contributed by atoms with E-state index in [4.69, 9.17) is 9.84 Å². The molecule has 176 valence electrons. The van der Waals surface area contributed by atoms with Gasteiger partial charge < -0.3 is 9.72 Å². The first kappa shape index (κ1) is 21.5. The lowest BCUT2D eigenvalue weighted by molar-refractivity contribution is 0.415. The summed E-state index contributed by atoms with van der Waals surface area (Å²) >= 11 is 0. The van der Waals surface area contributed by atoms with Crippen LogP contribution in [0.15, 0.2) is 96.1 Å². The lowest BCUT2D eigenvalue weighted by atomic mass is 10.0. The molecule has 0 aliphatic rings. The zero-order valence-electron chi connectivity index (χ0n) is 19.4. The summed E-state index contributed by atoms with van der Waals surface area (Å²) in [4.78, 5) is 17.6. The maximum atomic E-state index is 14.0. The Morgan fingerprint density at radius 1 is 0.833 bits per heavy atom. The van der Waals surface area contributed by atoms with Gasteiger partial charge in [-0.05, 0) is 33.7 Å². The van der Waals surface area contributed by atoms with Gasteiger partial charge in [0.1, 0.15) is 23.4 Å². The second-order valence-electron chi connectivity index (χ2n) is 8.24. The molecule has 1 N–H and O–H groups in total. The van der Waals surface area contributed by atoms with Gasteiger partial charge in [-0.1, -0.05) is 72.8 Å². The Bertz CT molecular complexity index is 1690. The van der Waals surface area contributed by atoms with Crippen molar-refractivity contribution in [1.82, 2.24) is 34.8 Å². The molecule has 3 aromatic carbocycles. The molecule has 36 heavy (non-hydrogen) atoms. The molecule has 3 aromatic heterocycles. The van der Waals surface area contributed by atoms with Crippen LogP contribution in [0.2, 0.25) is 0 Å². The van der Waals surface area contributed by atoms with E-state index >= 15 is 0 Å². The molecule has 0 spiro atoms. The Hall–Kier alpha value is -5.05. The number of H-pyrrole nitrogens is 1. The Labute approximate surface area is 205 Å². The van der Waals surface area contributed by atoms with Crippen LogP contribution in [0.1, 0.15) is 5.69 Å². The van der Waals surface area contributed by atoms with Crippen LogP contribution >= 0.6 is 0 Å². The van der Waals surface area contributed by atoms with Crippen LogP contribution in [-0.4, -0.2) is 41.9 Å². The van der Waals surface area contributed by atoms with Crippen molar-refractivity contribution in [2.75, 3.05) is 7.11 Å². The highest BCUT2D eigenvalue weighted by Crippen LogP contribution is 2.35. The van der Waals surface area contributed by atoms with Crippen molar-refractivity contribution >= 4 is 5.65 Å². The van der Waals surface area contributed by atoms with E-state index in [1.165, 1.54) is 10.8 Å². The van der Waals surface area contributed by atoms with Crippen LogP contribution in [0.5, 0.6) is 5.75 Å². The van der Waals surface area contributed by atoms with Gasteiger partial charge in [0.05, 0.1) is 30.5 Å². The number of rotatable bonds is 6. The maximum absolute atomic E-state index is 14.0. The SMILES string of the molecule is COc1ccc(-c2c(Cn3cnnn3)[nH]c3c(-c4ccccc4)c(-c4ccccc4)nn3c2=O)cc1. The van der Waals surface area contributed by atoms with Gasteiger partial charge in [-0.3, -0.25) is 4.79 Å². The minimum atomic E-state index is -0.239. The van der Waals surface area contributed by atoms with Crippen molar-refractivity contribution in [3.05, 3.63) is 107 Å². The third-order valence-electron chi connectivity index (χ3n) is 6.06. The highest BCUT2D eigenvalue weighted by Gasteiger charge is 2.23. The fourth-order valence-electron chi connectivity index (χ4n) is 4.39. The first-order valence-corrected chi connectivity index (χ1v) is 11.4. The Morgan fingerprint density at radius 3 is 2.14 bits per heavy atom. The Morgan fingerprint density at radius 2 is 1.50 bits per heavy atom. The molecular formula is C27H21N7O2. The van der Waals surface area contributed by atoms with E-state index in [0.717, 1.165) is 27.9 Å². The number of hydrogen-bond acceptors (Lipinski definition) is 6. The lowest BCUT2D eigenvalue weighted by Gasteiger charge is -2.11. The largest absolute Gasteiger partial charge is 0.497 e. The van der Waals surface area contributed by atoms with Crippen molar-refractivity contribution in [3.8, 4) is 39.3 Å². The van der Waals surface area contributed by atoms with Crippen LogP contribution in [-0.2, 0) is 6.54 Å². The smallest absolute Gasteiger partial charge is 0.282 e. The second-order valence-corrected chi connectivity index (χ2v) is 8.24. The number of hydrogen-bond donors (Lipinski definition) is 1. The molecule has 9 nitrogen and oxygen atoms in total. The van der Waals surface area contributed by atoms with E-state index in [1.54, 1.807) is 11.8 Å². The average molecular weight is 476 g/mol. The van der Waals surface area contributed by atoms with E-state index in [-0.39, 0.29) is 12.1 Å². The van der Waals surface area contributed by atoms with Gasteiger partial charge in [0.15, 0.2) is 0 Å². The van der Waals surface area contributed by atoms with E-state index in [0.29, 0.717) is 22.7 Å². The van der Waals surface area contributed by atoms with Gasteiger partial charge in [-0.15, -0.1) is 5.10 Å². The zero-order chi connectivity index (χ0) is 24.5. The van der Waals surface area contributed by atoms with E-state index in [1.807, 2.05) is 84.9 Å². The predicted octanol–water partition coefficient (Wildman–Crippen LogP) is 4.07. The topological polar surface area (TPSA) is 103 Å². The van der Waals surface area contributed by atoms with E-state index in [9.17, 15) is 4.79 Å². The molecule has 6 aromatic rings. The third-order valence-corrected chi connectivity index (χ3v) is 6.06. The number of tetrazole rings is 1.